The molecule has 1 fully saturated rings. The van der Waals surface area contributed by atoms with E-state index in [4.69, 9.17) is 11.6 Å². The van der Waals surface area contributed by atoms with Crippen LogP contribution in [0.4, 0.5) is 4.39 Å². The van der Waals surface area contributed by atoms with E-state index in [0.717, 1.165) is 25.9 Å². The van der Waals surface area contributed by atoms with Crippen molar-refractivity contribution in [1.82, 2.24) is 4.90 Å². The Labute approximate surface area is 112 Å². The van der Waals surface area contributed by atoms with Gasteiger partial charge in [0.15, 0.2) is 0 Å². The van der Waals surface area contributed by atoms with Gasteiger partial charge in [-0.3, -0.25) is 4.90 Å². The average molecular weight is 267 g/mol. The van der Waals surface area contributed by atoms with E-state index in [9.17, 15) is 9.65 Å². The van der Waals surface area contributed by atoms with Crippen LogP contribution in [0, 0.1) is 17.1 Å². The summed E-state index contributed by atoms with van der Waals surface area (Å²) in [4.78, 5) is 2.03. The third-order valence-electron chi connectivity index (χ3n) is 3.66. The van der Waals surface area contributed by atoms with Gasteiger partial charge in [0.1, 0.15) is 11.4 Å². The molecule has 1 aliphatic heterocycles. The second-order valence-corrected chi connectivity index (χ2v) is 5.24. The van der Waals surface area contributed by atoms with Crippen molar-refractivity contribution < 1.29 is 4.39 Å². The van der Waals surface area contributed by atoms with Gasteiger partial charge in [0.05, 0.1) is 6.07 Å². The third-order valence-corrected chi connectivity index (χ3v) is 3.97. The van der Waals surface area contributed by atoms with E-state index in [1.807, 2.05) is 4.90 Å². The Morgan fingerprint density at radius 2 is 2.00 bits per heavy atom. The van der Waals surface area contributed by atoms with E-state index in [1.165, 1.54) is 12.5 Å². The Bertz CT molecular complexity index is 457. The molecule has 0 amide bonds. The molecule has 1 heterocycles. The van der Waals surface area contributed by atoms with Gasteiger partial charge in [-0.2, -0.15) is 5.26 Å². The van der Waals surface area contributed by atoms with Gasteiger partial charge in [0.2, 0.25) is 0 Å². The molecule has 1 aromatic carbocycles. The van der Waals surface area contributed by atoms with E-state index in [0.29, 0.717) is 10.6 Å². The van der Waals surface area contributed by atoms with Gasteiger partial charge in [-0.15, -0.1) is 0 Å². The Morgan fingerprint density at radius 3 is 2.56 bits per heavy atom. The van der Waals surface area contributed by atoms with Crippen molar-refractivity contribution in [2.75, 3.05) is 13.1 Å². The van der Waals surface area contributed by atoms with E-state index in [-0.39, 0.29) is 0 Å². The predicted molar refractivity (Wildman–Crippen MR) is 69.8 cm³/mol. The van der Waals surface area contributed by atoms with Gasteiger partial charge in [0.25, 0.3) is 0 Å². The number of hydrogen-bond donors (Lipinski definition) is 0. The number of piperidine rings is 1. The highest BCUT2D eigenvalue weighted by Gasteiger charge is 2.38. The lowest BCUT2D eigenvalue weighted by Gasteiger charge is -2.39. The molecule has 96 valence electrons. The summed E-state index contributed by atoms with van der Waals surface area (Å²) in [5.74, 6) is -0.405. The fourth-order valence-electron chi connectivity index (χ4n) is 2.59. The molecule has 1 saturated heterocycles. The molecule has 1 unspecified atom stereocenters. The first-order valence-electron chi connectivity index (χ1n) is 6.20. The van der Waals surface area contributed by atoms with Crippen LogP contribution in [0.15, 0.2) is 18.2 Å². The summed E-state index contributed by atoms with van der Waals surface area (Å²) in [6.45, 7) is 3.38. The zero-order chi connectivity index (χ0) is 13.2. The molecule has 0 radical (unpaired) electrons. The molecule has 0 aliphatic carbocycles. The summed E-state index contributed by atoms with van der Waals surface area (Å²) < 4.78 is 14.0. The lowest BCUT2D eigenvalue weighted by Crippen LogP contribution is -2.46. The van der Waals surface area contributed by atoms with Crippen LogP contribution in [0.2, 0.25) is 5.02 Å². The standard InChI is InChI=1S/C14H16ClFN2/c1-14(10-17,18-8-3-2-4-9-18)13-11(15)6-5-7-12(13)16/h5-7H,2-4,8-9H2,1H3. The monoisotopic (exact) mass is 266 g/mol. The second-order valence-electron chi connectivity index (χ2n) is 4.83. The highest BCUT2D eigenvalue weighted by atomic mass is 35.5. The van der Waals surface area contributed by atoms with Crippen molar-refractivity contribution in [3.63, 3.8) is 0 Å². The molecular weight excluding hydrogens is 251 g/mol. The number of likely N-dealkylation sites (tertiary alicyclic amines) is 1. The van der Waals surface area contributed by atoms with Crippen LogP contribution in [0.3, 0.4) is 0 Å². The molecule has 4 heteroatoms. The molecule has 1 aromatic rings. The van der Waals surface area contributed by atoms with Crippen LogP contribution in [-0.4, -0.2) is 18.0 Å². The van der Waals surface area contributed by atoms with Crippen LogP contribution in [0.1, 0.15) is 31.7 Å². The highest BCUT2D eigenvalue weighted by Crippen LogP contribution is 2.36. The number of hydrogen-bond acceptors (Lipinski definition) is 2. The van der Waals surface area contributed by atoms with Crippen molar-refractivity contribution in [2.24, 2.45) is 0 Å². The minimum Gasteiger partial charge on any atom is -0.282 e. The molecule has 0 bridgehead atoms. The number of rotatable bonds is 2. The molecule has 0 saturated carbocycles. The van der Waals surface area contributed by atoms with Gasteiger partial charge in [-0.1, -0.05) is 24.1 Å². The van der Waals surface area contributed by atoms with Gasteiger partial charge in [-0.25, -0.2) is 4.39 Å². The Morgan fingerprint density at radius 1 is 1.33 bits per heavy atom. The topological polar surface area (TPSA) is 27.0 Å². The average Bonchev–Trinajstić information content (AvgIpc) is 2.39. The number of benzene rings is 1. The first-order chi connectivity index (χ1) is 8.59. The van der Waals surface area contributed by atoms with E-state index >= 15 is 0 Å². The maximum atomic E-state index is 14.0. The minimum atomic E-state index is -0.983. The first kappa shape index (κ1) is 13.3. The second kappa shape index (κ2) is 5.26. The van der Waals surface area contributed by atoms with Crippen molar-refractivity contribution in [3.05, 3.63) is 34.6 Å². The van der Waals surface area contributed by atoms with E-state index in [2.05, 4.69) is 6.07 Å². The van der Waals surface area contributed by atoms with E-state index in [1.54, 1.807) is 19.1 Å². The van der Waals surface area contributed by atoms with Gasteiger partial charge in [-0.05, 0) is 45.0 Å². The molecule has 0 spiro atoms. The summed E-state index contributed by atoms with van der Waals surface area (Å²) in [7, 11) is 0. The quantitative estimate of drug-likeness (QED) is 0.816. The Hall–Kier alpha value is -1.11. The zero-order valence-corrected chi connectivity index (χ0v) is 11.2. The summed E-state index contributed by atoms with van der Waals surface area (Å²) >= 11 is 6.09. The maximum absolute atomic E-state index is 14.0. The predicted octanol–water partition coefficient (Wildman–Crippen LogP) is 3.70. The third kappa shape index (κ3) is 2.23. The van der Waals surface area contributed by atoms with Crippen molar-refractivity contribution in [3.8, 4) is 6.07 Å². The van der Waals surface area contributed by atoms with Crippen molar-refractivity contribution in [2.45, 2.75) is 31.7 Å². The van der Waals surface area contributed by atoms with Crippen LogP contribution >= 0.6 is 11.6 Å². The summed E-state index contributed by atoms with van der Waals surface area (Å²) in [5, 5.41) is 9.85. The lowest BCUT2D eigenvalue weighted by molar-refractivity contribution is 0.120. The lowest BCUT2D eigenvalue weighted by atomic mass is 9.89. The highest BCUT2D eigenvalue weighted by molar-refractivity contribution is 6.31. The van der Waals surface area contributed by atoms with Crippen LogP contribution in [0.5, 0.6) is 0 Å². The zero-order valence-electron chi connectivity index (χ0n) is 10.4. The largest absolute Gasteiger partial charge is 0.282 e. The smallest absolute Gasteiger partial charge is 0.136 e. The molecule has 18 heavy (non-hydrogen) atoms. The van der Waals surface area contributed by atoms with Crippen LogP contribution in [-0.2, 0) is 5.54 Å². The molecule has 2 rings (SSSR count). The number of halogens is 2. The maximum Gasteiger partial charge on any atom is 0.136 e. The van der Waals surface area contributed by atoms with E-state index < -0.39 is 11.4 Å². The molecule has 0 aromatic heterocycles. The van der Waals surface area contributed by atoms with Gasteiger partial charge >= 0.3 is 0 Å². The normalized spacial score (nSPS) is 20.1. The van der Waals surface area contributed by atoms with Gasteiger partial charge in [0, 0.05) is 10.6 Å². The number of nitrogens with zero attached hydrogens (tertiary/aromatic N) is 2. The SMILES string of the molecule is CC(C#N)(c1c(F)cccc1Cl)N1CCCCC1. The molecular formula is C14H16ClFN2. The van der Waals surface area contributed by atoms with Crippen molar-refractivity contribution >= 4 is 11.6 Å². The van der Waals surface area contributed by atoms with Crippen LogP contribution in [0.25, 0.3) is 0 Å². The van der Waals surface area contributed by atoms with Crippen LogP contribution < -0.4 is 0 Å². The fraction of sp³-hybridized carbons (Fsp3) is 0.500. The minimum absolute atomic E-state index is 0.302. The molecule has 2 nitrogen and oxygen atoms in total. The Kier molecular flexibility index (Phi) is 3.89. The summed E-state index contributed by atoms with van der Waals surface area (Å²) in [5.41, 5.74) is -0.681. The molecule has 0 N–H and O–H groups in total. The molecule has 1 aliphatic rings. The fourth-order valence-corrected chi connectivity index (χ4v) is 2.94. The van der Waals surface area contributed by atoms with Gasteiger partial charge < -0.3 is 0 Å². The first-order valence-corrected chi connectivity index (χ1v) is 6.58. The Balaban J connectivity index is 2.46. The molecule has 1 atom stereocenters. The van der Waals surface area contributed by atoms with Crippen molar-refractivity contribution in [1.29, 1.82) is 5.26 Å². The summed E-state index contributed by atoms with van der Waals surface area (Å²) in [6, 6.07) is 6.81. The number of nitriles is 1. The summed E-state index contributed by atoms with van der Waals surface area (Å²) in [6.07, 6.45) is 3.26.